The number of nitrogens with two attached hydrogens (primary N) is 1. The second-order valence-electron chi connectivity index (χ2n) is 4.47. The van der Waals surface area contributed by atoms with Gasteiger partial charge in [0.15, 0.2) is 0 Å². The lowest BCUT2D eigenvalue weighted by Crippen LogP contribution is -1.89. The van der Waals surface area contributed by atoms with Crippen molar-refractivity contribution in [3.05, 3.63) is 44.8 Å². The molecule has 6 heteroatoms. The number of aromatic nitrogens is 1. The zero-order valence-corrected chi connectivity index (χ0v) is 14.3. The second kappa shape index (κ2) is 5.60. The number of nitrogens with zero attached hydrogens (tertiary/aromatic N) is 2. The zero-order valence-electron chi connectivity index (χ0n) is 11.1. The van der Waals surface area contributed by atoms with Crippen LogP contribution in [0.5, 0.6) is 0 Å². The fourth-order valence-electron chi connectivity index (χ4n) is 2.07. The number of anilines is 1. The highest BCUT2D eigenvalue weighted by Crippen LogP contribution is 2.47. The number of nitrogen functional groups attached to an aromatic ring is 1. The minimum absolute atomic E-state index is 0.535. The first-order valence-electron chi connectivity index (χ1n) is 6.11. The Balaban J connectivity index is 2.28. The molecule has 3 rings (SSSR count). The van der Waals surface area contributed by atoms with E-state index in [9.17, 15) is 5.26 Å². The summed E-state index contributed by atoms with van der Waals surface area (Å²) in [4.78, 5) is 6.83. The van der Waals surface area contributed by atoms with Gasteiger partial charge in [0.2, 0.25) is 0 Å². The van der Waals surface area contributed by atoms with E-state index in [1.807, 2.05) is 12.1 Å². The molecule has 0 saturated heterocycles. The van der Waals surface area contributed by atoms with Crippen molar-refractivity contribution in [2.24, 2.45) is 0 Å². The molecule has 0 aliphatic rings. The summed E-state index contributed by atoms with van der Waals surface area (Å²) in [5.74, 6) is 0. The van der Waals surface area contributed by atoms with Gasteiger partial charge in [0.1, 0.15) is 10.9 Å². The molecule has 0 aromatic carbocycles. The van der Waals surface area contributed by atoms with Gasteiger partial charge in [-0.05, 0) is 40.5 Å². The average Bonchev–Trinajstić information content (AvgIpc) is 3.00. The molecule has 0 spiro atoms. The molecule has 0 unspecified atom stereocenters. The first-order valence-corrected chi connectivity index (χ1v) is 8.53. The minimum atomic E-state index is 0.535. The van der Waals surface area contributed by atoms with Crippen molar-refractivity contribution < 1.29 is 0 Å². The Morgan fingerprint density at radius 1 is 1.38 bits per heavy atom. The molecular weight excluding hydrogens is 366 g/mol. The fourth-order valence-corrected chi connectivity index (χ4v) is 4.75. The Morgan fingerprint density at radius 3 is 2.76 bits per heavy atom. The van der Waals surface area contributed by atoms with E-state index in [-0.39, 0.29) is 0 Å². The molecule has 0 amide bonds. The number of aryl methyl sites for hydroxylation is 1. The smallest absolute Gasteiger partial charge is 0.129 e. The topological polar surface area (TPSA) is 62.7 Å². The normalized spacial score (nSPS) is 10.5. The van der Waals surface area contributed by atoms with E-state index in [0.717, 1.165) is 24.7 Å². The molecule has 3 nitrogen and oxygen atoms in total. The summed E-state index contributed by atoms with van der Waals surface area (Å²) in [5, 5.41) is 9.27. The Morgan fingerprint density at radius 2 is 2.19 bits per heavy atom. The zero-order chi connectivity index (χ0) is 15.0. The van der Waals surface area contributed by atoms with E-state index >= 15 is 0 Å². The number of nitriles is 1. The van der Waals surface area contributed by atoms with E-state index in [2.05, 4.69) is 40.0 Å². The van der Waals surface area contributed by atoms with Crippen molar-refractivity contribution in [2.45, 2.75) is 6.92 Å². The van der Waals surface area contributed by atoms with Crippen LogP contribution in [-0.2, 0) is 0 Å². The van der Waals surface area contributed by atoms with Gasteiger partial charge >= 0.3 is 0 Å². The molecule has 21 heavy (non-hydrogen) atoms. The SMILES string of the molecule is Cc1cc(-c2sc(C#N)c(N)c2-c2cccnc2)sc1Br. The highest BCUT2D eigenvalue weighted by molar-refractivity contribution is 9.11. The maximum Gasteiger partial charge on any atom is 0.129 e. The van der Waals surface area contributed by atoms with Crippen molar-refractivity contribution >= 4 is 44.3 Å². The summed E-state index contributed by atoms with van der Waals surface area (Å²) in [5.41, 5.74) is 9.73. The monoisotopic (exact) mass is 375 g/mol. The quantitative estimate of drug-likeness (QED) is 0.680. The molecule has 2 N–H and O–H groups in total. The molecule has 0 bridgehead atoms. The molecule has 3 aromatic rings. The predicted molar refractivity (Wildman–Crippen MR) is 92.4 cm³/mol. The van der Waals surface area contributed by atoms with Crippen LogP contribution in [0.25, 0.3) is 20.9 Å². The molecule has 0 aliphatic heterocycles. The summed E-state index contributed by atoms with van der Waals surface area (Å²) in [6.07, 6.45) is 3.50. The van der Waals surface area contributed by atoms with Gasteiger partial charge in [-0.25, -0.2) is 0 Å². The van der Waals surface area contributed by atoms with Crippen molar-refractivity contribution in [2.75, 3.05) is 5.73 Å². The number of hydrogen-bond donors (Lipinski definition) is 1. The first kappa shape index (κ1) is 14.3. The minimum Gasteiger partial charge on any atom is -0.396 e. The number of halogens is 1. The maximum absolute atomic E-state index is 9.27. The predicted octanol–water partition coefficient (Wildman–Crippen LogP) is 5.06. The van der Waals surface area contributed by atoms with Crippen LogP contribution in [-0.4, -0.2) is 4.98 Å². The van der Waals surface area contributed by atoms with Gasteiger partial charge in [-0.2, -0.15) is 5.26 Å². The Hall–Kier alpha value is -1.68. The maximum atomic E-state index is 9.27. The van der Waals surface area contributed by atoms with Crippen LogP contribution in [0.4, 0.5) is 5.69 Å². The molecule has 0 fully saturated rings. The standard InChI is InChI=1S/C15H10BrN3S2/c1-8-5-10(21-15(8)16)14-12(9-3-2-4-19-7-9)13(18)11(6-17)20-14/h2-5,7H,18H2,1H3. The van der Waals surface area contributed by atoms with Crippen LogP contribution in [0, 0.1) is 18.3 Å². The lowest BCUT2D eigenvalue weighted by atomic mass is 10.1. The van der Waals surface area contributed by atoms with E-state index in [1.165, 1.54) is 16.9 Å². The van der Waals surface area contributed by atoms with Gasteiger partial charge in [0, 0.05) is 28.4 Å². The fraction of sp³-hybridized carbons (Fsp3) is 0.0667. The van der Waals surface area contributed by atoms with Crippen LogP contribution >= 0.6 is 38.6 Å². The van der Waals surface area contributed by atoms with Gasteiger partial charge in [0.05, 0.1) is 14.4 Å². The lowest BCUT2D eigenvalue weighted by Gasteiger charge is -2.03. The summed E-state index contributed by atoms with van der Waals surface area (Å²) in [6.45, 7) is 2.05. The molecule has 104 valence electrons. The van der Waals surface area contributed by atoms with E-state index in [0.29, 0.717) is 10.6 Å². The second-order valence-corrected chi connectivity index (χ2v) is 7.86. The van der Waals surface area contributed by atoms with Gasteiger partial charge in [-0.3, -0.25) is 4.98 Å². The molecule has 3 aromatic heterocycles. The number of thiophene rings is 2. The molecule has 0 atom stereocenters. The molecule has 0 saturated carbocycles. The Bertz CT molecular complexity index is 824. The first-order chi connectivity index (χ1) is 10.1. The van der Waals surface area contributed by atoms with Crippen LogP contribution in [0.3, 0.4) is 0 Å². The van der Waals surface area contributed by atoms with E-state index in [1.54, 1.807) is 23.7 Å². The number of pyridine rings is 1. The van der Waals surface area contributed by atoms with Gasteiger partial charge in [0.25, 0.3) is 0 Å². The van der Waals surface area contributed by atoms with Gasteiger partial charge in [-0.1, -0.05) is 6.07 Å². The molecular formula is C15H10BrN3S2. The largest absolute Gasteiger partial charge is 0.396 e. The third-order valence-electron chi connectivity index (χ3n) is 3.08. The van der Waals surface area contributed by atoms with Crippen molar-refractivity contribution in [3.63, 3.8) is 0 Å². The number of rotatable bonds is 2. The number of hydrogen-bond acceptors (Lipinski definition) is 5. The molecule has 3 heterocycles. The van der Waals surface area contributed by atoms with E-state index in [4.69, 9.17) is 5.73 Å². The Kier molecular flexibility index (Phi) is 3.81. The van der Waals surface area contributed by atoms with Crippen molar-refractivity contribution in [1.29, 1.82) is 5.26 Å². The van der Waals surface area contributed by atoms with Gasteiger partial charge in [-0.15, -0.1) is 22.7 Å². The summed E-state index contributed by atoms with van der Waals surface area (Å²) in [7, 11) is 0. The third-order valence-corrected chi connectivity index (χ3v) is 6.50. The lowest BCUT2D eigenvalue weighted by molar-refractivity contribution is 1.33. The van der Waals surface area contributed by atoms with Crippen molar-refractivity contribution in [1.82, 2.24) is 4.98 Å². The highest BCUT2D eigenvalue weighted by atomic mass is 79.9. The van der Waals surface area contributed by atoms with E-state index < -0.39 is 0 Å². The van der Waals surface area contributed by atoms with Crippen LogP contribution in [0.2, 0.25) is 0 Å². The Labute approximate surface area is 138 Å². The highest BCUT2D eigenvalue weighted by Gasteiger charge is 2.20. The van der Waals surface area contributed by atoms with Crippen molar-refractivity contribution in [3.8, 4) is 27.0 Å². The van der Waals surface area contributed by atoms with Crippen LogP contribution in [0.15, 0.2) is 34.4 Å². The van der Waals surface area contributed by atoms with Crippen LogP contribution in [0.1, 0.15) is 10.4 Å². The summed E-state index contributed by atoms with van der Waals surface area (Å²) < 4.78 is 1.10. The molecule has 0 radical (unpaired) electrons. The molecule has 0 aliphatic carbocycles. The summed E-state index contributed by atoms with van der Waals surface area (Å²) >= 11 is 6.63. The summed E-state index contributed by atoms with van der Waals surface area (Å²) in [6, 6.07) is 8.13. The average molecular weight is 376 g/mol. The van der Waals surface area contributed by atoms with Crippen LogP contribution < -0.4 is 5.73 Å². The third kappa shape index (κ3) is 2.48. The van der Waals surface area contributed by atoms with Gasteiger partial charge < -0.3 is 5.73 Å².